The maximum Gasteiger partial charge on any atom is 0.261 e. The Morgan fingerprint density at radius 1 is 0.532 bits per heavy atom. The van der Waals surface area contributed by atoms with E-state index in [1.54, 1.807) is 12.0 Å². The van der Waals surface area contributed by atoms with Crippen LogP contribution < -0.4 is 4.74 Å². The molecule has 1 rings (SSSR count). The molecule has 0 heterocycles. The van der Waals surface area contributed by atoms with E-state index < -0.39 is 0 Å². The fourth-order valence-electron chi connectivity index (χ4n) is 6.38. The third-order valence-electron chi connectivity index (χ3n) is 9.53. The topological polar surface area (TPSA) is 29.5 Å². The highest BCUT2D eigenvalue weighted by molar-refractivity contribution is 5.95. The third kappa shape index (κ3) is 26.6. The van der Waals surface area contributed by atoms with Crippen molar-refractivity contribution in [1.29, 1.82) is 0 Å². The third-order valence-corrected chi connectivity index (χ3v) is 9.53. The summed E-state index contributed by atoms with van der Waals surface area (Å²) >= 11 is 0. The first-order valence-electron chi connectivity index (χ1n) is 20.5. The molecule has 0 aliphatic rings. The van der Waals surface area contributed by atoms with Crippen LogP contribution in [0.15, 0.2) is 48.8 Å². The minimum Gasteiger partial charge on any atom is -0.497 e. The molecule has 47 heavy (non-hydrogen) atoms. The van der Waals surface area contributed by atoms with Gasteiger partial charge in [-0.2, -0.15) is 0 Å². The number of hydrogen-bond acceptors (Lipinski definition) is 2. The Bertz CT molecular complexity index is 833. The lowest BCUT2D eigenvalue weighted by Crippen LogP contribution is -2.20. The number of nitrogens with zero attached hydrogens (tertiary/aromatic N) is 1. The molecule has 0 radical (unpaired) electrons. The van der Waals surface area contributed by atoms with Crippen LogP contribution in [0.3, 0.4) is 0 Å². The number of carbonyl (C=O) groups is 1. The van der Waals surface area contributed by atoms with Crippen LogP contribution in [0.25, 0.3) is 0 Å². The molecular weight excluding hydrogens is 574 g/mol. The summed E-state index contributed by atoms with van der Waals surface area (Å²) in [5.41, 5.74) is 0.659. The van der Waals surface area contributed by atoms with Crippen LogP contribution in [-0.2, 0) is 0 Å². The summed E-state index contributed by atoms with van der Waals surface area (Å²) in [6.07, 6.45) is 48.9. The molecule has 0 fully saturated rings. The zero-order valence-electron chi connectivity index (χ0n) is 31.6. The summed E-state index contributed by atoms with van der Waals surface area (Å²) in [7, 11) is 1.65. The van der Waals surface area contributed by atoms with E-state index in [2.05, 4.69) is 26.0 Å². The SMILES string of the molecule is CCCCCCCCCCCCCCCCC=CN(C=CCCCCCCCCCCCCCCCC)C(=O)c1cccc(OC)c1. The van der Waals surface area contributed by atoms with Crippen LogP contribution in [0.4, 0.5) is 0 Å². The largest absolute Gasteiger partial charge is 0.497 e. The Morgan fingerprint density at radius 3 is 1.21 bits per heavy atom. The molecular formula is C44H77NO2. The zero-order valence-corrected chi connectivity index (χ0v) is 31.6. The van der Waals surface area contributed by atoms with Crippen LogP contribution in [0.5, 0.6) is 5.75 Å². The summed E-state index contributed by atoms with van der Waals surface area (Å²) in [5, 5.41) is 0. The van der Waals surface area contributed by atoms with Gasteiger partial charge < -0.3 is 4.74 Å². The Labute approximate surface area is 293 Å². The van der Waals surface area contributed by atoms with E-state index in [1.807, 2.05) is 36.7 Å². The molecule has 0 N–H and O–H groups in total. The molecule has 0 unspecified atom stereocenters. The summed E-state index contributed by atoms with van der Waals surface area (Å²) in [4.78, 5) is 15.1. The van der Waals surface area contributed by atoms with Crippen molar-refractivity contribution in [2.45, 2.75) is 206 Å². The summed E-state index contributed by atoms with van der Waals surface area (Å²) in [5.74, 6) is 0.715. The highest BCUT2D eigenvalue weighted by Gasteiger charge is 2.12. The lowest BCUT2D eigenvalue weighted by Gasteiger charge is -2.14. The smallest absolute Gasteiger partial charge is 0.261 e. The zero-order chi connectivity index (χ0) is 33.9. The number of carbonyl (C=O) groups excluding carboxylic acids is 1. The van der Waals surface area contributed by atoms with Gasteiger partial charge in [0.15, 0.2) is 0 Å². The Hall–Kier alpha value is -2.03. The highest BCUT2D eigenvalue weighted by atomic mass is 16.5. The number of unbranched alkanes of at least 4 members (excludes halogenated alkanes) is 28. The number of benzene rings is 1. The molecule has 1 aromatic rings. The van der Waals surface area contributed by atoms with Gasteiger partial charge in [-0.1, -0.05) is 199 Å². The molecule has 0 saturated carbocycles. The van der Waals surface area contributed by atoms with Gasteiger partial charge in [0.05, 0.1) is 7.11 Å². The van der Waals surface area contributed by atoms with Gasteiger partial charge in [-0.15, -0.1) is 0 Å². The minimum absolute atomic E-state index is 0.00156. The molecule has 3 heteroatoms. The van der Waals surface area contributed by atoms with Crippen LogP contribution in [0, 0.1) is 0 Å². The minimum atomic E-state index is -0.00156. The summed E-state index contributed by atoms with van der Waals surface area (Å²) in [6, 6.07) is 7.48. The Kier molecular flexibility index (Phi) is 31.0. The van der Waals surface area contributed by atoms with E-state index in [4.69, 9.17) is 4.74 Å². The van der Waals surface area contributed by atoms with Crippen molar-refractivity contribution in [1.82, 2.24) is 4.90 Å². The predicted octanol–water partition coefficient (Wildman–Crippen LogP) is 14.9. The monoisotopic (exact) mass is 652 g/mol. The van der Waals surface area contributed by atoms with Crippen molar-refractivity contribution < 1.29 is 9.53 Å². The Morgan fingerprint density at radius 2 is 0.872 bits per heavy atom. The number of allylic oxidation sites excluding steroid dienone is 2. The van der Waals surface area contributed by atoms with Crippen molar-refractivity contribution in [2.24, 2.45) is 0 Å². The summed E-state index contributed by atoms with van der Waals surface area (Å²) < 4.78 is 5.37. The quantitative estimate of drug-likeness (QED) is 0.0694. The molecule has 3 nitrogen and oxygen atoms in total. The van der Waals surface area contributed by atoms with Gasteiger partial charge in [0.25, 0.3) is 5.91 Å². The molecule has 270 valence electrons. The van der Waals surface area contributed by atoms with Crippen LogP contribution in [-0.4, -0.2) is 17.9 Å². The van der Waals surface area contributed by atoms with E-state index in [9.17, 15) is 4.79 Å². The fraction of sp³-hybridized carbons (Fsp3) is 0.750. The van der Waals surface area contributed by atoms with Gasteiger partial charge in [-0.3, -0.25) is 9.69 Å². The Balaban J connectivity index is 2.25. The number of hydrogen-bond donors (Lipinski definition) is 0. The molecule has 1 amide bonds. The second-order valence-electron chi connectivity index (χ2n) is 14.0. The van der Waals surface area contributed by atoms with Gasteiger partial charge in [-0.05, 0) is 43.9 Å². The number of methoxy groups -OCH3 is 1. The second-order valence-corrected chi connectivity index (χ2v) is 14.0. The van der Waals surface area contributed by atoms with E-state index in [-0.39, 0.29) is 5.91 Å². The average Bonchev–Trinajstić information content (AvgIpc) is 3.10. The van der Waals surface area contributed by atoms with E-state index in [0.29, 0.717) is 11.3 Å². The van der Waals surface area contributed by atoms with Gasteiger partial charge in [-0.25, -0.2) is 0 Å². The molecule has 0 saturated heterocycles. The molecule has 0 aliphatic heterocycles. The van der Waals surface area contributed by atoms with E-state index in [0.717, 1.165) is 12.8 Å². The number of rotatable bonds is 34. The molecule has 0 spiro atoms. The normalized spacial score (nSPS) is 11.6. The van der Waals surface area contributed by atoms with Crippen molar-refractivity contribution in [3.8, 4) is 5.75 Å². The number of ether oxygens (including phenoxy) is 1. The van der Waals surface area contributed by atoms with Crippen LogP contribution >= 0.6 is 0 Å². The first-order chi connectivity index (χ1) is 23.2. The first-order valence-corrected chi connectivity index (χ1v) is 20.5. The molecule has 0 aliphatic carbocycles. The standard InChI is InChI=1S/C44H77NO2/c1-4-6-8-10-12-14-16-18-20-22-24-26-28-30-32-34-39-45(44(46)42-37-36-38-43(41-42)47-3)40-35-33-31-29-27-25-23-21-19-17-15-13-11-9-7-5-2/h34-41H,4-33H2,1-3H3. The molecule has 0 atom stereocenters. The van der Waals surface area contributed by atoms with Crippen LogP contribution in [0.1, 0.15) is 217 Å². The lowest BCUT2D eigenvalue weighted by atomic mass is 10.0. The van der Waals surface area contributed by atoms with Gasteiger partial charge in [0.1, 0.15) is 5.75 Å². The van der Waals surface area contributed by atoms with Crippen molar-refractivity contribution in [2.75, 3.05) is 7.11 Å². The maximum absolute atomic E-state index is 13.4. The van der Waals surface area contributed by atoms with Crippen molar-refractivity contribution >= 4 is 5.91 Å². The average molecular weight is 652 g/mol. The highest BCUT2D eigenvalue weighted by Crippen LogP contribution is 2.18. The number of amides is 1. The fourth-order valence-corrected chi connectivity index (χ4v) is 6.38. The molecule has 0 bridgehead atoms. The predicted molar refractivity (Wildman–Crippen MR) is 207 cm³/mol. The van der Waals surface area contributed by atoms with Crippen molar-refractivity contribution in [3.63, 3.8) is 0 Å². The van der Waals surface area contributed by atoms with E-state index in [1.165, 1.54) is 180 Å². The van der Waals surface area contributed by atoms with Gasteiger partial charge in [0, 0.05) is 18.0 Å². The lowest BCUT2D eigenvalue weighted by molar-refractivity contribution is 0.0868. The van der Waals surface area contributed by atoms with E-state index >= 15 is 0 Å². The first kappa shape index (κ1) is 43.0. The van der Waals surface area contributed by atoms with Crippen molar-refractivity contribution in [3.05, 3.63) is 54.4 Å². The van der Waals surface area contributed by atoms with Gasteiger partial charge >= 0.3 is 0 Å². The summed E-state index contributed by atoms with van der Waals surface area (Å²) in [6.45, 7) is 4.58. The van der Waals surface area contributed by atoms with Gasteiger partial charge in [0.2, 0.25) is 0 Å². The maximum atomic E-state index is 13.4. The molecule has 1 aromatic carbocycles. The van der Waals surface area contributed by atoms with Crippen LogP contribution in [0.2, 0.25) is 0 Å². The second kappa shape index (κ2) is 33.9. The molecule has 0 aromatic heterocycles.